The van der Waals surface area contributed by atoms with E-state index in [9.17, 15) is 13.9 Å². The summed E-state index contributed by atoms with van der Waals surface area (Å²) in [6.45, 7) is 1.62. The van der Waals surface area contributed by atoms with Gasteiger partial charge in [0.25, 0.3) is 6.43 Å². The summed E-state index contributed by atoms with van der Waals surface area (Å²) < 4.78 is 28.3. The van der Waals surface area contributed by atoms with Crippen LogP contribution in [0.5, 0.6) is 0 Å². The summed E-state index contributed by atoms with van der Waals surface area (Å²) in [6.07, 6.45) is 0.398. The van der Waals surface area contributed by atoms with Gasteiger partial charge in [0, 0.05) is 18.2 Å². The third-order valence-corrected chi connectivity index (χ3v) is 2.52. The molecule has 1 fully saturated rings. The molecule has 0 amide bonds. The van der Waals surface area contributed by atoms with E-state index in [0.29, 0.717) is 12.5 Å². The van der Waals surface area contributed by atoms with E-state index in [2.05, 4.69) is 5.32 Å². The van der Waals surface area contributed by atoms with Crippen molar-refractivity contribution < 1.29 is 18.6 Å². The maximum absolute atomic E-state index is 11.8. The average Bonchev–Trinajstić information content (AvgIpc) is 2.96. The van der Waals surface area contributed by atoms with Crippen LogP contribution in [-0.4, -0.2) is 42.9 Å². The molecule has 0 aromatic carbocycles. The van der Waals surface area contributed by atoms with Crippen LogP contribution in [0, 0.1) is 0 Å². The molecule has 0 aromatic rings. The summed E-state index contributed by atoms with van der Waals surface area (Å²) in [4.78, 5) is 0. The van der Waals surface area contributed by atoms with Crippen molar-refractivity contribution in [2.45, 2.75) is 44.2 Å². The number of rotatable bonds is 8. The van der Waals surface area contributed by atoms with Crippen LogP contribution < -0.4 is 5.32 Å². The largest absolute Gasteiger partial charge is 0.394 e. The zero-order valence-electron chi connectivity index (χ0n) is 9.01. The van der Waals surface area contributed by atoms with Crippen LogP contribution in [0.4, 0.5) is 8.78 Å². The molecule has 1 rings (SSSR count). The minimum absolute atomic E-state index is 0.00153. The first-order valence-corrected chi connectivity index (χ1v) is 5.30. The summed E-state index contributed by atoms with van der Waals surface area (Å²) in [7, 11) is 0. The molecule has 0 heterocycles. The first-order valence-electron chi connectivity index (χ1n) is 5.30. The van der Waals surface area contributed by atoms with Gasteiger partial charge in [-0.3, -0.25) is 0 Å². The second kappa shape index (κ2) is 5.72. The van der Waals surface area contributed by atoms with Gasteiger partial charge in [0.2, 0.25) is 0 Å². The quantitative estimate of drug-likeness (QED) is 0.607. The van der Waals surface area contributed by atoms with Gasteiger partial charge < -0.3 is 15.2 Å². The lowest BCUT2D eigenvalue weighted by Gasteiger charge is -2.28. The molecular formula is C10H19F2NO2. The smallest absolute Gasteiger partial charge is 0.261 e. The first-order chi connectivity index (χ1) is 7.06. The molecule has 0 radical (unpaired) electrons. The highest BCUT2D eigenvalue weighted by Gasteiger charge is 2.31. The Balaban J connectivity index is 2.13. The Labute approximate surface area is 88.8 Å². The van der Waals surface area contributed by atoms with E-state index in [0.717, 1.165) is 12.8 Å². The van der Waals surface area contributed by atoms with Gasteiger partial charge >= 0.3 is 0 Å². The molecule has 1 unspecified atom stereocenters. The summed E-state index contributed by atoms with van der Waals surface area (Å²) in [5.41, 5.74) is -0.400. The number of halogens is 2. The van der Waals surface area contributed by atoms with Crippen molar-refractivity contribution in [3.63, 3.8) is 0 Å². The van der Waals surface area contributed by atoms with Crippen LogP contribution in [0.2, 0.25) is 0 Å². The SMILES string of the molecule is CC(CO)(CCOCC(F)F)NC1CC1. The van der Waals surface area contributed by atoms with Crippen molar-refractivity contribution >= 4 is 0 Å². The Hall–Kier alpha value is -0.260. The third-order valence-electron chi connectivity index (χ3n) is 2.52. The van der Waals surface area contributed by atoms with Crippen molar-refractivity contribution in [1.82, 2.24) is 5.32 Å². The number of aliphatic hydroxyl groups is 1. The van der Waals surface area contributed by atoms with Gasteiger partial charge in [-0.05, 0) is 26.2 Å². The third kappa shape index (κ3) is 5.39. The molecule has 0 aliphatic heterocycles. The molecule has 2 N–H and O–H groups in total. The standard InChI is InChI=1S/C10H19F2NO2/c1-10(7-14,13-8-2-3-8)4-5-15-6-9(11)12/h8-9,13-14H,2-7H2,1H3. The van der Waals surface area contributed by atoms with Gasteiger partial charge in [-0.2, -0.15) is 0 Å². The fraction of sp³-hybridized carbons (Fsp3) is 1.00. The molecule has 15 heavy (non-hydrogen) atoms. The monoisotopic (exact) mass is 223 g/mol. The molecule has 1 aliphatic rings. The Morgan fingerprint density at radius 1 is 1.53 bits per heavy atom. The van der Waals surface area contributed by atoms with Crippen LogP contribution >= 0.6 is 0 Å². The Morgan fingerprint density at radius 2 is 2.20 bits per heavy atom. The fourth-order valence-electron chi connectivity index (χ4n) is 1.39. The zero-order valence-corrected chi connectivity index (χ0v) is 9.01. The molecule has 1 aliphatic carbocycles. The summed E-state index contributed by atoms with van der Waals surface area (Å²) in [6, 6.07) is 0.484. The minimum Gasteiger partial charge on any atom is -0.394 e. The molecule has 3 nitrogen and oxygen atoms in total. The molecule has 1 saturated carbocycles. The Morgan fingerprint density at radius 3 is 2.67 bits per heavy atom. The van der Waals surface area contributed by atoms with E-state index >= 15 is 0 Å². The zero-order chi connectivity index (χ0) is 11.3. The average molecular weight is 223 g/mol. The second-order valence-electron chi connectivity index (χ2n) is 4.35. The van der Waals surface area contributed by atoms with Crippen LogP contribution in [0.3, 0.4) is 0 Å². The topological polar surface area (TPSA) is 41.5 Å². The van der Waals surface area contributed by atoms with Crippen molar-refractivity contribution in [3.05, 3.63) is 0 Å². The molecule has 0 spiro atoms. The predicted octanol–water partition coefficient (Wildman–Crippen LogP) is 1.16. The summed E-state index contributed by atoms with van der Waals surface area (Å²) >= 11 is 0. The number of hydrogen-bond acceptors (Lipinski definition) is 3. The van der Waals surface area contributed by atoms with Crippen LogP contribution in [0.1, 0.15) is 26.2 Å². The molecule has 0 aromatic heterocycles. The molecule has 0 bridgehead atoms. The van der Waals surface area contributed by atoms with E-state index in [4.69, 9.17) is 4.74 Å². The number of aliphatic hydroxyl groups excluding tert-OH is 1. The van der Waals surface area contributed by atoms with Crippen LogP contribution in [0.25, 0.3) is 0 Å². The lowest BCUT2D eigenvalue weighted by atomic mass is 9.99. The number of hydrogen-bond donors (Lipinski definition) is 2. The number of ether oxygens (including phenoxy) is 1. The summed E-state index contributed by atoms with van der Waals surface area (Å²) in [5, 5.41) is 12.5. The van der Waals surface area contributed by atoms with Crippen LogP contribution in [-0.2, 0) is 4.74 Å². The lowest BCUT2D eigenvalue weighted by Crippen LogP contribution is -2.47. The van der Waals surface area contributed by atoms with Crippen molar-refractivity contribution in [2.75, 3.05) is 19.8 Å². The maximum Gasteiger partial charge on any atom is 0.261 e. The van der Waals surface area contributed by atoms with Gasteiger partial charge in [-0.1, -0.05) is 0 Å². The highest BCUT2D eigenvalue weighted by atomic mass is 19.3. The number of alkyl halides is 2. The van der Waals surface area contributed by atoms with Crippen molar-refractivity contribution in [1.29, 1.82) is 0 Å². The van der Waals surface area contributed by atoms with E-state index in [1.807, 2.05) is 6.92 Å². The molecule has 0 saturated heterocycles. The van der Waals surface area contributed by atoms with Crippen LogP contribution in [0.15, 0.2) is 0 Å². The fourth-order valence-corrected chi connectivity index (χ4v) is 1.39. The van der Waals surface area contributed by atoms with Gasteiger partial charge in [0.15, 0.2) is 0 Å². The highest BCUT2D eigenvalue weighted by molar-refractivity contribution is 4.92. The predicted molar refractivity (Wildman–Crippen MR) is 53.1 cm³/mol. The maximum atomic E-state index is 11.8. The van der Waals surface area contributed by atoms with Gasteiger partial charge in [0.05, 0.1) is 6.61 Å². The highest BCUT2D eigenvalue weighted by Crippen LogP contribution is 2.23. The molecule has 5 heteroatoms. The normalized spacial score (nSPS) is 20.6. The first kappa shape index (κ1) is 12.8. The van der Waals surface area contributed by atoms with Crippen molar-refractivity contribution in [3.8, 4) is 0 Å². The molecule has 90 valence electrons. The van der Waals surface area contributed by atoms with Gasteiger partial charge in [0.1, 0.15) is 6.61 Å². The van der Waals surface area contributed by atoms with E-state index in [-0.39, 0.29) is 13.2 Å². The van der Waals surface area contributed by atoms with Crippen molar-refractivity contribution in [2.24, 2.45) is 0 Å². The second-order valence-corrected chi connectivity index (χ2v) is 4.35. The Bertz CT molecular complexity index is 188. The van der Waals surface area contributed by atoms with E-state index in [1.54, 1.807) is 0 Å². The minimum atomic E-state index is -2.42. The van der Waals surface area contributed by atoms with Gasteiger partial charge in [-0.15, -0.1) is 0 Å². The summed E-state index contributed by atoms with van der Waals surface area (Å²) in [5.74, 6) is 0. The van der Waals surface area contributed by atoms with E-state index in [1.165, 1.54) is 0 Å². The number of nitrogens with one attached hydrogen (secondary N) is 1. The molecular weight excluding hydrogens is 204 g/mol. The lowest BCUT2D eigenvalue weighted by molar-refractivity contribution is 0.00634. The van der Waals surface area contributed by atoms with Gasteiger partial charge in [-0.25, -0.2) is 8.78 Å². The molecule has 1 atom stereocenters. The van der Waals surface area contributed by atoms with E-state index < -0.39 is 18.6 Å². The Kier molecular flexibility index (Phi) is 4.89.